The molecular formula is C10H18OS. The van der Waals surface area contributed by atoms with E-state index in [0.717, 1.165) is 24.0 Å². The van der Waals surface area contributed by atoms with Gasteiger partial charge in [0.05, 0.1) is 6.10 Å². The highest BCUT2D eigenvalue weighted by Crippen LogP contribution is 2.66. The zero-order valence-corrected chi connectivity index (χ0v) is 8.72. The molecule has 2 aliphatic carbocycles. The van der Waals surface area contributed by atoms with Gasteiger partial charge < -0.3 is 5.11 Å². The molecule has 2 aliphatic rings. The van der Waals surface area contributed by atoms with Gasteiger partial charge in [-0.1, -0.05) is 13.8 Å². The maximum atomic E-state index is 9.68. The highest BCUT2D eigenvalue weighted by Gasteiger charge is 2.62. The van der Waals surface area contributed by atoms with Crippen molar-refractivity contribution in [2.75, 3.05) is 5.75 Å². The Bertz CT molecular complexity index is 176. The van der Waals surface area contributed by atoms with Crippen LogP contribution in [0.25, 0.3) is 0 Å². The summed E-state index contributed by atoms with van der Waals surface area (Å²) in [6.07, 6.45) is 2.18. The summed E-state index contributed by atoms with van der Waals surface area (Å²) in [7, 11) is 0. The van der Waals surface area contributed by atoms with E-state index >= 15 is 0 Å². The third-order valence-electron chi connectivity index (χ3n) is 4.19. The fourth-order valence-electron chi connectivity index (χ4n) is 2.92. The van der Waals surface area contributed by atoms with E-state index in [1.54, 1.807) is 0 Å². The quantitative estimate of drug-likeness (QED) is 0.600. The zero-order valence-electron chi connectivity index (χ0n) is 7.83. The molecular weight excluding hydrogens is 168 g/mol. The zero-order chi connectivity index (χ0) is 8.93. The van der Waals surface area contributed by atoms with Crippen molar-refractivity contribution in [1.82, 2.24) is 0 Å². The van der Waals surface area contributed by atoms with Crippen LogP contribution in [0.15, 0.2) is 0 Å². The first kappa shape index (κ1) is 8.89. The van der Waals surface area contributed by atoms with Gasteiger partial charge in [-0.2, -0.15) is 12.6 Å². The van der Waals surface area contributed by atoms with Crippen LogP contribution < -0.4 is 0 Å². The second-order valence-electron chi connectivity index (χ2n) is 4.89. The third kappa shape index (κ3) is 1.04. The van der Waals surface area contributed by atoms with Crippen LogP contribution in [0.1, 0.15) is 26.7 Å². The lowest BCUT2D eigenvalue weighted by Gasteiger charge is -2.22. The van der Waals surface area contributed by atoms with Crippen LogP contribution >= 0.6 is 12.6 Å². The van der Waals surface area contributed by atoms with Crippen LogP contribution in [0.4, 0.5) is 0 Å². The SMILES string of the molecule is CC1CC2C(CC1O)C2(C)CS. The molecule has 12 heavy (non-hydrogen) atoms. The average Bonchev–Trinajstić information content (AvgIpc) is 2.60. The van der Waals surface area contributed by atoms with E-state index < -0.39 is 0 Å². The fraction of sp³-hybridized carbons (Fsp3) is 1.00. The molecule has 2 saturated carbocycles. The monoisotopic (exact) mass is 186 g/mol. The summed E-state index contributed by atoms with van der Waals surface area (Å²) < 4.78 is 0. The van der Waals surface area contributed by atoms with E-state index in [-0.39, 0.29) is 6.10 Å². The lowest BCUT2D eigenvalue weighted by molar-refractivity contribution is 0.0745. The molecule has 1 nitrogen and oxygen atoms in total. The first-order valence-corrected chi connectivity index (χ1v) is 5.51. The summed E-state index contributed by atoms with van der Waals surface area (Å²) in [6, 6.07) is 0. The maximum absolute atomic E-state index is 9.68. The van der Waals surface area contributed by atoms with Gasteiger partial charge in [-0.3, -0.25) is 0 Å². The van der Waals surface area contributed by atoms with Gasteiger partial charge in [-0.25, -0.2) is 0 Å². The molecule has 0 aliphatic heterocycles. The van der Waals surface area contributed by atoms with Crippen LogP contribution in [-0.4, -0.2) is 17.0 Å². The number of aliphatic hydroxyl groups excluding tert-OH is 1. The van der Waals surface area contributed by atoms with Crippen molar-refractivity contribution in [2.45, 2.75) is 32.8 Å². The van der Waals surface area contributed by atoms with E-state index in [1.165, 1.54) is 6.42 Å². The van der Waals surface area contributed by atoms with Crippen LogP contribution in [0, 0.1) is 23.2 Å². The molecule has 5 atom stereocenters. The third-order valence-corrected chi connectivity index (χ3v) is 4.87. The van der Waals surface area contributed by atoms with Crippen molar-refractivity contribution in [3.05, 3.63) is 0 Å². The Labute approximate surface area is 80.0 Å². The Morgan fingerprint density at radius 3 is 2.50 bits per heavy atom. The van der Waals surface area contributed by atoms with Gasteiger partial charge in [0.1, 0.15) is 0 Å². The highest BCUT2D eigenvalue weighted by atomic mass is 32.1. The normalized spacial score (nSPS) is 58.0. The minimum atomic E-state index is -0.0482. The molecule has 2 fully saturated rings. The Morgan fingerprint density at radius 2 is 2.00 bits per heavy atom. The van der Waals surface area contributed by atoms with Gasteiger partial charge in [-0.05, 0) is 41.8 Å². The number of thiol groups is 1. The summed E-state index contributed by atoms with van der Waals surface area (Å²) in [6.45, 7) is 4.48. The Balaban J connectivity index is 2.06. The Hall–Kier alpha value is 0.310. The smallest absolute Gasteiger partial charge is 0.0568 e. The minimum Gasteiger partial charge on any atom is -0.393 e. The summed E-state index contributed by atoms with van der Waals surface area (Å²) in [4.78, 5) is 0. The van der Waals surface area contributed by atoms with Crippen molar-refractivity contribution in [1.29, 1.82) is 0 Å². The standard InChI is InChI=1S/C10H18OS/c1-6-3-7-8(4-9(6)11)10(7,2)5-12/h6-9,11-12H,3-5H2,1-2H3. The average molecular weight is 186 g/mol. The molecule has 1 N–H and O–H groups in total. The van der Waals surface area contributed by atoms with Gasteiger partial charge in [0, 0.05) is 0 Å². The van der Waals surface area contributed by atoms with Crippen molar-refractivity contribution in [3.8, 4) is 0 Å². The number of hydrogen-bond acceptors (Lipinski definition) is 2. The summed E-state index contributed by atoms with van der Waals surface area (Å²) in [5.41, 5.74) is 0.453. The predicted octanol–water partition coefficient (Wildman–Crippen LogP) is 1.96. The Kier molecular flexibility index (Phi) is 1.96. The first-order valence-electron chi connectivity index (χ1n) is 4.88. The van der Waals surface area contributed by atoms with Crippen LogP contribution in [-0.2, 0) is 0 Å². The molecule has 2 rings (SSSR count). The van der Waals surface area contributed by atoms with Crippen LogP contribution in [0.2, 0.25) is 0 Å². The summed E-state index contributed by atoms with van der Waals surface area (Å²) in [5.74, 6) is 3.12. The van der Waals surface area contributed by atoms with Gasteiger partial charge >= 0.3 is 0 Å². The highest BCUT2D eigenvalue weighted by molar-refractivity contribution is 7.80. The van der Waals surface area contributed by atoms with Crippen LogP contribution in [0.5, 0.6) is 0 Å². The molecule has 0 amide bonds. The molecule has 5 unspecified atom stereocenters. The minimum absolute atomic E-state index is 0.0482. The van der Waals surface area contributed by atoms with Crippen molar-refractivity contribution in [2.24, 2.45) is 23.2 Å². The number of hydrogen-bond donors (Lipinski definition) is 2. The topological polar surface area (TPSA) is 20.2 Å². The molecule has 0 spiro atoms. The predicted molar refractivity (Wildman–Crippen MR) is 53.3 cm³/mol. The van der Waals surface area contributed by atoms with Crippen molar-refractivity contribution in [3.63, 3.8) is 0 Å². The first-order chi connectivity index (χ1) is 5.59. The second-order valence-corrected chi connectivity index (χ2v) is 5.21. The molecule has 0 saturated heterocycles. The van der Waals surface area contributed by atoms with E-state index in [1.807, 2.05) is 0 Å². The van der Waals surface area contributed by atoms with Gasteiger partial charge in [-0.15, -0.1) is 0 Å². The second kappa shape index (κ2) is 2.65. The Morgan fingerprint density at radius 1 is 1.42 bits per heavy atom. The molecule has 0 aromatic carbocycles. The van der Waals surface area contributed by atoms with E-state index in [0.29, 0.717) is 11.3 Å². The molecule has 0 heterocycles. The fourth-order valence-corrected chi connectivity index (χ4v) is 3.38. The van der Waals surface area contributed by atoms with Crippen LogP contribution in [0.3, 0.4) is 0 Å². The summed E-state index contributed by atoms with van der Waals surface area (Å²) >= 11 is 4.40. The lowest BCUT2D eigenvalue weighted by Crippen LogP contribution is -2.22. The van der Waals surface area contributed by atoms with E-state index in [4.69, 9.17) is 0 Å². The number of fused-ring (bicyclic) bond motifs is 1. The number of aliphatic hydroxyl groups is 1. The molecule has 2 heteroatoms. The van der Waals surface area contributed by atoms with Crippen molar-refractivity contribution < 1.29 is 5.11 Å². The van der Waals surface area contributed by atoms with Gasteiger partial charge in [0.2, 0.25) is 0 Å². The van der Waals surface area contributed by atoms with Gasteiger partial charge in [0.25, 0.3) is 0 Å². The molecule has 0 radical (unpaired) electrons. The van der Waals surface area contributed by atoms with E-state index in [2.05, 4.69) is 26.5 Å². The molecule has 0 aromatic heterocycles. The maximum Gasteiger partial charge on any atom is 0.0568 e. The summed E-state index contributed by atoms with van der Waals surface area (Å²) in [5, 5.41) is 9.68. The number of rotatable bonds is 1. The van der Waals surface area contributed by atoms with Crippen molar-refractivity contribution >= 4 is 12.6 Å². The van der Waals surface area contributed by atoms with Gasteiger partial charge in [0.15, 0.2) is 0 Å². The van der Waals surface area contributed by atoms with E-state index in [9.17, 15) is 5.11 Å². The largest absolute Gasteiger partial charge is 0.393 e. The molecule has 70 valence electrons. The lowest BCUT2D eigenvalue weighted by atomic mass is 9.88. The molecule has 0 aromatic rings. The molecule has 0 bridgehead atoms.